The summed E-state index contributed by atoms with van der Waals surface area (Å²) in [5.74, 6) is -1.55. The predicted octanol–water partition coefficient (Wildman–Crippen LogP) is 3.08. The first-order chi connectivity index (χ1) is 15.1. The van der Waals surface area contributed by atoms with Gasteiger partial charge < -0.3 is 10.6 Å². The molecule has 1 atom stereocenters. The normalized spacial score (nSPS) is 16.7. The summed E-state index contributed by atoms with van der Waals surface area (Å²) >= 11 is 0. The zero-order valence-electron chi connectivity index (χ0n) is 19.1. The lowest BCUT2D eigenvalue weighted by molar-refractivity contribution is -0.136. The van der Waals surface area contributed by atoms with Gasteiger partial charge in [0, 0.05) is 24.8 Å². The molecule has 0 aromatic heterocycles. The fourth-order valence-corrected chi connectivity index (χ4v) is 6.43. The first-order valence-electron chi connectivity index (χ1n) is 10.9. The summed E-state index contributed by atoms with van der Waals surface area (Å²) < 4.78 is 28.3. The monoisotopic (exact) mass is 457 g/mol. The molecule has 3 rings (SSSR count). The first kappa shape index (κ1) is 23.9. The smallest absolute Gasteiger partial charge is 0.313 e. The van der Waals surface area contributed by atoms with E-state index in [4.69, 9.17) is 0 Å². The molecule has 2 aromatic carbocycles. The Balaban J connectivity index is 1.65. The highest BCUT2D eigenvalue weighted by Crippen LogP contribution is 2.30. The zero-order chi connectivity index (χ0) is 23.5. The fourth-order valence-electron chi connectivity index (χ4n) is 4.32. The second kappa shape index (κ2) is 9.83. The van der Waals surface area contributed by atoms with Crippen LogP contribution in [0.25, 0.3) is 0 Å². The second-order valence-electron chi connectivity index (χ2n) is 8.35. The van der Waals surface area contributed by atoms with Crippen molar-refractivity contribution in [3.8, 4) is 0 Å². The van der Waals surface area contributed by atoms with E-state index >= 15 is 0 Å². The van der Waals surface area contributed by atoms with Crippen LogP contribution in [0.4, 0.5) is 5.69 Å². The number of carbonyl (C=O) groups is 2. The molecule has 32 heavy (non-hydrogen) atoms. The van der Waals surface area contributed by atoms with Gasteiger partial charge >= 0.3 is 11.8 Å². The molecule has 0 radical (unpaired) electrons. The number of rotatable bonds is 6. The zero-order valence-corrected chi connectivity index (χ0v) is 19.9. The van der Waals surface area contributed by atoms with Crippen LogP contribution in [0.2, 0.25) is 0 Å². The van der Waals surface area contributed by atoms with Crippen molar-refractivity contribution >= 4 is 27.5 Å². The number of sulfonamides is 1. The van der Waals surface area contributed by atoms with Crippen LogP contribution in [0, 0.1) is 20.8 Å². The van der Waals surface area contributed by atoms with Gasteiger partial charge in [0.15, 0.2) is 0 Å². The Bertz CT molecular complexity index is 1090. The van der Waals surface area contributed by atoms with Crippen LogP contribution in [0.5, 0.6) is 0 Å². The lowest BCUT2D eigenvalue weighted by atomic mass is 10.1. The lowest BCUT2D eigenvalue weighted by Crippen LogP contribution is -2.45. The topological polar surface area (TPSA) is 95.6 Å². The van der Waals surface area contributed by atoms with Crippen molar-refractivity contribution in [1.29, 1.82) is 0 Å². The lowest BCUT2D eigenvalue weighted by Gasteiger charge is -2.26. The Morgan fingerprint density at radius 2 is 1.66 bits per heavy atom. The Kier molecular flexibility index (Phi) is 7.36. The molecule has 7 nitrogen and oxygen atoms in total. The van der Waals surface area contributed by atoms with Gasteiger partial charge in [-0.25, -0.2) is 8.42 Å². The standard InChI is InChI=1S/C24H31N3O4S/c1-5-19-8-10-20(11-9-19)26-24(29)23(28)25-15-21-7-6-12-27(21)32(30,31)22-17(3)13-16(2)14-18(22)4/h8-11,13-14,21H,5-7,12,15H2,1-4H3,(H,25,28)(H,26,29)/t21-/m1/s1. The molecule has 1 aliphatic rings. The number of benzene rings is 2. The minimum atomic E-state index is -3.71. The summed E-state index contributed by atoms with van der Waals surface area (Å²) in [7, 11) is -3.71. The highest BCUT2D eigenvalue weighted by Gasteiger charge is 2.37. The third kappa shape index (κ3) is 5.19. The van der Waals surface area contributed by atoms with Gasteiger partial charge in [0.25, 0.3) is 0 Å². The Morgan fingerprint density at radius 1 is 1.03 bits per heavy atom. The van der Waals surface area contributed by atoms with Crippen LogP contribution >= 0.6 is 0 Å². The number of hydrogen-bond acceptors (Lipinski definition) is 4. The Labute approximate surface area is 190 Å². The Morgan fingerprint density at radius 3 is 2.25 bits per heavy atom. The van der Waals surface area contributed by atoms with E-state index in [1.54, 1.807) is 26.0 Å². The molecule has 0 spiro atoms. The largest absolute Gasteiger partial charge is 0.346 e. The van der Waals surface area contributed by atoms with E-state index in [-0.39, 0.29) is 12.6 Å². The van der Waals surface area contributed by atoms with Gasteiger partial charge in [0.05, 0.1) is 4.90 Å². The van der Waals surface area contributed by atoms with Gasteiger partial charge in [0.1, 0.15) is 0 Å². The highest BCUT2D eigenvalue weighted by atomic mass is 32.2. The molecule has 0 saturated carbocycles. The number of anilines is 1. The first-order valence-corrected chi connectivity index (χ1v) is 12.3. The molecule has 1 fully saturated rings. The van der Waals surface area contributed by atoms with Crippen molar-refractivity contribution in [1.82, 2.24) is 9.62 Å². The number of carbonyl (C=O) groups excluding carboxylic acids is 2. The van der Waals surface area contributed by atoms with Crippen molar-refractivity contribution in [3.05, 3.63) is 58.7 Å². The van der Waals surface area contributed by atoms with Crippen LogP contribution < -0.4 is 10.6 Å². The summed E-state index contributed by atoms with van der Waals surface area (Å²) in [5, 5.41) is 5.18. The maximum atomic E-state index is 13.4. The molecule has 172 valence electrons. The van der Waals surface area contributed by atoms with Crippen molar-refractivity contribution < 1.29 is 18.0 Å². The molecular weight excluding hydrogens is 426 g/mol. The van der Waals surface area contributed by atoms with Gasteiger partial charge in [-0.05, 0) is 68.9 Å². The molecule has 2 amide bonds. The van der Waals surface area contributed by atoms with Gasteiger partial charge in [-0.1, -0.05) is 36.8 Å². The van der Waals surface area contributed by atoms with E-state index in [2.05, 4.69) is 10.6 Å². The molecule has 0 unspecified atom stereocenters. The van der Waals surface area contributed by atoms with E-state index in [0.29, 0.717) is 41.1 Å². The summed E-state index contributed by atoms with van der Waals surface area (Å²) in [6, 6.07) is 10.6. The maximum Gasteiger partial charge on any atom is 0.313 e. The fraction of sp³-hybridized carbons (Fsp3) is 0.417. The van der Waals surface area contributed by atoms with Gasteiger partial charge in [-0.2, -0.15) is 4.31 Å². The average Bonchev–Trinajstić information content (AvgIpc) is 3.21. The third-order valence-electron chi connectivity index (χ3n) is 5.82. The molecule has 1 heterocycles. The SMILES string of the molecule is CCc1ccc(NC(=O)C(=O)NC[C@H]2CCCN2S(=O)(=O)c2c(C)cc(C)cc2C)cc1. The number of nitrogens with zero attached hydrogens (tertiary/aromatic N) is 1. The highest BCUT2D eigenvalue weighted by molar-refractivity contribution is 7.89. The van der Waals surface area contributed by atoms with Gasteiger partial charge in [-0.3, -0.25) is 9.59 Å². The van der Waals surface area contributed by atoms with E-state index < -0.39 is 21.8 Å². The third-order valence-corrected chi connectivity index (χ3v) is 8.08. The van der Waals surface area contributed by atoms with Gasteiger partial charge in [0.2, 0.25) is 10.0 Å². The van der Waals surface area contributed by atoms with Crippen LogP contribution in [0.3, 0.4) is 0 Å². The minimum Gasteiger partial charge on any atom is -0.346 e. The number of amides is 2. The van der Waals surface area contributed by atoms with Crippen molar-refractivity contribution in [2.75, 3.05) is 18.4 Å². The number of aryl methyl sites for hydroxylation is 4. The number of nitrogens with one attached hydrogen (secondary N) is 2. The van der Waals surface area contributed by atoms with E-state index in [9.17, 15) is 18.0 Å². The van der Waals surface area contributed by atoms with E-state index in [1.165, 1.54) is 4.31 Å². The van der Waals surface area contributed by atoms with Crippen molar-refractivity contribution in [3.63, 3.8) is 0 Å². The van der Waals surface area contributed by atoms with Crippen LogP contribution in [0.15, 0.2) is 41.3 Å². The molecule has 2 aromatic rings. The molecule has 0 bridgehead atoms. The summed E-state index contributed by atoms with van der Waals surface area (Å²) in [6.07, 6.45) is 2.22. The van der Waals surface area contributed by atoms with E-state index in [0.717, 1.165) is 17.5 Å². The maximum absolute atomic E-state index is 13.4. The van der Waals surface area contributed by atoms with Crippen LogP contribution in [-0.2, 0) is 26.0 Å². The summed E-state index contributed by atoms with van der Waals surface area (Å²) in [6.45, 7) is 8.06. The number of hydrogen-bond donors (Lipinski definition) is 2. The summed E-state index contributed by atoms with van der Waals surface area (Å²) in [5.41, 5.74) is 4.11. The molecule has 1 aliphatic heterocycles. The molecular formula is C24H31N3O4S. The van der Waals surface area contributed by atoms with Crippen LogP contribution in [0.1, 0.15) is 42.0 Å². The Hall–Kier alpha value is -2.71. The molecule has 2 N–H and O–H groups in total. The molecule has 0 aliphatic carbocycles. The predicted molar refractivity (Wildman–Crippen MR) is 125 cm³/mol. The van der Waals surface area contributed by atoms with Crippen molar-refractivity contribution in [2.45, 2.75) is 57.9 Å². The van der Waals surface area contributed by atoms with Crippen molar-refractivity contribution in [2.24, 2.45) is 0 Å². The minimum absolute atomic E-state index is 0.0875. The molecule has 8 heteroatoms. The quantitative estimate of drug-likeness (QED) is 0.652. The van der Waals surface area contributed by atoms with Crippen LogP contribution in [-0.4, -0.2) is 43.7 Å². The molecule has 1 saturated heterocycles. The average molecular weight is 458 g/mol. The van der Waals surface area contributed by atoms with Gasteiger partial charge in [-0.15, -0.1) is 0 Å². The second-order valence-corrected chi connectivity index (χ2v) is 10.2. The summed E-state index contributed by atoms with van der Waals surface area (Å²) in [4.78, 5) is 24.9. The van der Waals surface area contributed by atoms with E-state index in [1.807, 2.05) is 38.1 Å².